The van der Waals surface area contributed by atoms with E-state index in [2.05, 4.69) is 20.5 Å². The summed E-state index contributed by atoms with van der Waals surface area (Å²) in [4.78, 5) is 30.1. The van der Waals surface area contributed by atoms with Crippen molar-refractivity contribution in [1.82, 2.24) is 15.0 Å². The van der Waals surface area contributed by atoms with Gasteiger partial charge in [-0.2, -0.15) is 0 Å². The Bertz CT molecular complexity index is 1150. The number of piperidine rings is 1. The van der Waals surface area contributed by atoms with Crippen molar-refractivity contribution in [1.29, 1.82) is 0 Å². The summed E-state index contributed by atoms with van der Waals surface area (Å²) in [5.41, 5.74) is 2.72. The molecule has 8 heteroatoms. The van der Waals surface area contributed by atoms with E-state index >= 15 is 0 Å². The third kappa shape index (κ3) is 3.60. The zero-order chi connectivity index (χ0) is 20.5. The molecule has 1 amide bonds. The third-order valence-electron chi connectivity index (χ3n) is 6.01. The highest BCUT2D eigenvalue weighted by atomic mass is 32.1. The molecule has 1 fully saturated rings. The van der Waals surface area contributed by atoms with Crippen LogP contribution in [0.3, 0.4) is 0 Å². The number of thiophene rings is 1. The Labute approximate surface area is 178 Å². The molecule has 1 aromatic carbocycles. The summed E-state index contributed by atoms with van der Waals surface area (Å²) in [6, 6.07) is 7.85. The summed E-state index contributed by atoms with van der Waals surface area (Å²) in [5, 5.41) is 11.9. The number of nitrogens with zero attached hydrogens (tertiary/aromatic N) is 4. The molecule has 0 spiro atoms. The maximum absolute atomic E-state index is 13.0. The summed E-state index contributed by atoms with van der Waals surface area (Å²) in [6.07, 6.45) is 7.74. The van der Waals surface area contributed by atoms with Gasteiger partial charge >= 0.3 is 0 Å². The second kappa shape index (κ2) is 8.18. The van der Waals surface area contributed by atoms with E-state index in [0.717, 1.165) is 68.6 Å². The Hall–Kier alpha value is -2.74. The lowest BCUT2D eigenvalue weighted by atomic mass is 9.97. The zero-order valence-corrected chi connectivity index (χ0v) is 17.7. The van der Waals surface area contributed by atoms with Gasteiger partial charge in [0.1, 0.15) is 6.54 Å². The average Bonchev–Trinajstić information content (AvgIpc) is 3.16. The minimum Gasteiger partial charge on any atom is -0.370 e. The van der Waals surface area contributed by atoms with Gasteiger partial charge in [-0.15, -0.1) is 16.4 Å². The quantitative estimate of drug-likeness (QED) is 0.696. The second-order valence-corrected chi connectivity index (χ2v) is 9.14. The van der Waals surface area contributed by atoms with Gasteiger partial charge in [0.25, 0.3) is 5.56 Å². The highest BCUT2D eigenvalue weighted by Crippen LogP contribution is 2.33. The smallest absolute Gasteiger partial charge is 0.279 e. The number of benzene rings is 1. The average molecular weight is 424 g/mol. The fraction of sp³-hybridized carbons (Fsp3) is 0.455. The lowest BCUT2D eigenvalue weighted by Gasteiger charge is -2.30. The second-order valence-electron chi connectivity index (χ2n) is 8.06. The molecule has 0 unspecified atom stereocenters. The Kier molecular flexibility index (Phi) is 5.25. The highest BCUT2D eigenvalue weighted by Gasteiger charge is 2.22. The molecule has 1 saturated heterocycles. The van der Waals surface area contributed by atoms with Crippen LogP contribution in [0.5, 0.6) is 0 Å². The van der Waals surface area contributed by atoms with Gasteiger partial charge in [0.15, 0.2) is 4.83 Å². The van der Waals surface area contributed by atoms with Crippen LogP contribution in [-0.2, 0) is 24.2 Å². The van der Waals surface area contributed by atoms with Crippen molar-refractivity contribution in [2.75, 3.05) is 23.3 Å². The van der Waals surface area contributed by atoms with Crippen molar-refractivity contribution in [2.24, 2.45) is 0 Å². The number of amides is 1. The van der Waals surface area contributed by atoms with E-state index in [1.807, 2.05) is 24.3 Å². The molecule has 0 atom stereocenters. The fourth-order valence-corrected chi connectivity index (χ4v) is 5.72. The van der Waals surface area contributed by atoms with Crippen molar-refractivity contribution in [3.05, 3.63) is 45.1 Å². The maximum atomic E-state index is 13.0. The summed E-state index contributed by atoms with van der Waals surface area (Å²) >= 11 is 1.57. The van der Waals surface area contributed by atoms with E-state index in [1.54, 1.807) is 11.3 Å². The molecule has 0 saturated carbocycles. The highest BCUT2D eigenvalue weighted by molar-refractivity contribution is 7.18. The van der Waals surface area contributed by atoms with E-state index in [1.165, 1.54) is 16.0 Å². The van der Waals surface area contributed by atoms with Crippen LogP contribution in [0.1, 0.15) is 42.5 Å². The number of rotatable bonds is 4. The van der Waals surface area contributed by atoms with Crippen LogP contribution in [0.25, 0.3) is 10.2 Å². The van der Waals surface area contributed by atoms with Crippen molar-refractivity contribution in [3.63, 3.8) is 0 Å². The monoisotopic (exact) mass is 423 g/mol. The SMILES string of the molecule is O=C(Cn1nnc2sc3c(c2c1=O)CCCC3)Nc1ccccc1N1CCCCC1. The lowest BCUT2D eigenvalue weighted by molar-refractivity contribution is -0.117. The predicted octanol–water partition coefficient (Wildman–Crippen LogP) is 3.36. The van der Waals surface area contributed by atoms with Gasteiger partial charge in [0, 0.05) is 18.0 Å². The zero-order valence-electron chi connectivity index (χ0n) is 16.9. The van der Waals surface area contributed by atoms with Gasteiger partial charge in [-0.1, -0.05) is 17.3 Å². The number of aromatic nitrogens is 3. The molecule has 156 valence electrons. The molecular formula is C22H25N5O2S. The number of anilines is 2. The first-order valence-corrected chi connectivity index (χ1v) is 11.5. The Morgan fingerprint density at radius 3 is 2.73 bits per heavy atom. The lowest BCUT2D eigenvalue weighted by Crippen LogP contribution is -2.32. The first-order valence-electron chi connectivity index (χ1n) is 10.7. The van der Waals surface area contributed by atoms with Crippen LogP contribution in [0.2, 0.25) is 0 Å². The van der Waals surface area contributed by atoms with Crippen molar-refractivity contribution in [2.45, 2.75) is 51.5 Å². The molecule has 2 aromatic heterocycles. The van der Waals surface area contributed by atoms with Crippen molar-refractivity contribution < 1.29 is 4.79 Å². The summed E-state index contributed by atoms with van der Waals surface area (Å²) in [5.74, 6) is -0.265. The van der Waals surface area contributed by atoms with E-state index in [0.29, 0.717) is 10.2 Å². The number of hydrogen-bond acceptors (Lipinski definition) is 6. The van der Waals surface area contributed by atoms with Crippen LogP contribution in [0.4, 0.5) is 11.4 Å². The number of carbonyl (C=O) groups excluding carboxylic acids is 1. The summed E-state index contributed by atoms with van der Waals surface area (Å²) in [7, 11) is 0. The molecule has 0 bridgehead atoms. The third-order valence-corrected chi connectivity index (χ3v) is 7.19. The summed E-state index contributed by atoms with van der Waals surface area (Å²) < 4.78 is 1.20. The van der Waals surface area contributed by atoms with Gasteiger partial charge in [0.2, 0.25) is 5.91 Å². The Morgan fingerprint density at radius 1 is 1.07 bits per heavy atom. The fourth-order valence-electron chi connectivity index (χ4n) is 4.53. The van der Waals surface area contributed by atoms with E-state index < -0.39 is 0 Å². The van der Waals surface area contributed by atoms with Crippen LogP contribution in [0, 0.1) is 0 Å². The molecule has 3 aromatic rings. The van der Waals surface area contributed by atoms with Crippen molar-refractivity contribution >= 4 is 38.8 Å². The van der Waals surface area contributed by atoms with Crippen LogP contribution in [0.15, 0.2) is 29.1 Å². The molecular weight excluding hydrogens is 398 g/mol. The van der Waals surface area contributed by atoms with E-state index in [4.69, 9.17) is 0 Å². The van der Waals surface area contributed by atoms with Crippen LogP contribution >= 0.6 is 11.3 Å². The van der Waals surface area contributed by atoms with Gasteiger partial charge in [-0.25, -0.2) is 4.68 Å². The minimum absolute atomic E-state index is 0.138. The van der Waals surface area contributed by atoms with Gasteiger partial charge in [-0.3, -0.25) is 9.59 Å². The number of fused-ring (bicyclic) bond motifs is 3. The molecule has 7 nitrogen and oxygen atoms in total. The van der Waals surface area contributed by atoms with Gasteiger partial charge < -0.3 is 10.2 Å². The van der Waals surface area contributed by atoms with Crippen molar-refractivity contribution in [3.8, 4) is 0 Å². The molecule has 1 aliphatic carbocycles. The maximum Gasteiger partial charge on any atom is 0.279 e. The molecule has 5 rings (SSSR count). The predicted molar refractivity (Wildman–Crippen MR) is 119 cm³/mol. The van der Waals surface area contributed by atoms with Crippen LogP contribution in [-0.4, -0.2) is 34.0 Å². The largest absolute Gasteiger partial charge is 0.370 e. The minimum atomic E-state index is -0.265. The number of aryl methyl sites for hydroxylation is 2. The van der Waals surface area contributed by atoms with E-state index in [-0.39, 0.29) is 18.0 Å². The molecule has 1 N–H and O–H groups in total. The van der Waals surface area contributed by atoms with Gasteiger partial charge in [-0.05, 0) is 62.6 Å². The van der Waals surface area contributed by atoms with Gasteiger partial charge in [0.05, 0.1) is 16.8 Å². The number of para-hydroxylation sites is 2. The van der Waals surface area contributed by atoms with E-state index in [9.17, 15) is 9.59 Å². The standard InChI is InChI=1S/C22H25N5O2S/c28-19(23-16-9-3-4-10-17(16)26-12-6-1-7-13-26)14-27-22(29)20-15-8-2-5-11-18(15)30-21(20)24-25-27/h3-4,9-10H,1-2,5-8,11-14H2,(H,23,28). The number of carbonyl (C=O) groups is 1. The first-order chi connectivity index (χ1) is 14.7. The Morgan fingerprint density at radius 2 is 1.87 bits per heavy atom. The molecule has 0 radical (unpaired) electrons. The molecule has 30 heavy (non-hydrogen) atoms. The molecule has 1 aliphatic heterocycles. The molecule has 2 aliphatic rings. The summed E-state index contributed by atoms with van der Waals surface area (Å²) in [6.45, 7) is 1.86. The van der Waals surface area contributed by atoms with Crippen LogP contribution < -0.4 is 15.8 Å². The molecule has 3 heterocycles. The first kappa shape index (κ1) is 19.2. The Balaban J connectivity index is 1.38. The number of hydrogen-bond donors (Lipinski definition) is 1. The normalized spacial score (nSPS) is 16.5. The number of nitrogens with one attached hydrogen (secondary N) is 1. The topological polar surface area (TPSA) is 80.1 Å².